The Morgan fingerprint density at radius 1 is 0.884 bits per heavy atom. The van der Waals surface area contributed by atoms with Gasteiger partial charge >= 0.3 is 0 Å². The maximum atomic E-state index is 14.2. The van der Waals surface area contributed by atoms with E-state index >= 15 is 0 Å². The van der Waals surface area contributed by atoms with Gasteiger partial charge in [-0.05, 0) is 46.5 Å². The van der Waals surface area contributed by atoms with E-state index in [-0.39, 0.29) is 17.7 Å². The van der Waals surface area contributed by atoms with E-state index in [0.29, 0.717) is 30.0 Å². The lowest BCUT2D eigenvalue weighted by Crippen LogP contribution is -2.57. The van der Waals surface area contributed by atoms with Gasteiger partial charge in [0.2, 0.25) is 11.8 Å². The Balaban J connectivity index is 1.21. The van der Waals surface area contributed by atoms with E-state index < -0.39 is 18.1 Å². The minimum absolute atomic E-state index is 0.183. The zero-order valence-electron chi connectivity index (χ0n) is 23.2. The molecular formula is C35H29ClN4O3. The fraction of sp³-hybridized carbons (Fsp3) is 0.171. The Labute approximate surface area is 253 Å². The lowest BCUT2D eigenvalue weighted by Gasteiger charge is -2.37. The summed E-state index contributed by atoms with van der Waals surface area (Å²) in [6, 6.07) is 30.3. The van der Waals surface area contributed by atoms with Crippen LogP contribution < -0.4 is 10.6 Å². The second-order valence-corrected chi connectivity index (χ2v) is 11.5. The highest BCUT2D eigenvalue weighted by atomic mass is 35.5. The zero-order chi connectivity index (χ0) is 29.5. The maximum absolute atomic E-state index is 14.2. The minimum atomic E-state index is -0.843. The lowest BCUT2D eigenvalue weighted by atomic mass is 9.89. The molecule has 3 amide bonds. The number of fused-ring (bicyclic) bond motifs is 7. The molecule has 0 saturated heterocycles. The number of amides is 3. The summed E-state index contributed by atoms with van der Waals surface area (Å²) < 4.78 is 0. The van der Waals surface area contributed by atoms with E-state index in [4.69, 9.17) is 11.6 Å². The summed E-state index contributed by atoms with van der Waals surface area (Å²) in [5.74, 6) is -0.843. The number of hydrogen-bond acceptors (Lipinski definition) is 3. The summed E-state index contributed by atoms with van der Waals surface area (Å²) >= 11 is 6.02. The third-order valence-electron chi connectivity index (χ3n) is 8.45. The van der Waals surface area contributed by atoms with Crippen molar-refractivity contribution in [1.29, 1.82) is 0 Å². The molecule has 0 aliphatic carbocycles. The first-order chi connectivity index (χ1) is 21.0. The lowest BCUT2D eigenvalue weighted by molar-refractivity contribution is -0.132. The molecule has 0 fully saturated rings. The van der Waals surface area contributed by atoms with Gasteiger partial charge in [-0.2, -0.15) is 0 Å². The molecule has 0 radical (unpaired) electrons. The number of rotatable bonds is 7. The fourth-order valence-electron chi connectivity index (χ4n) is 6.38. The summed E-state index contributed by atoms with van der Waals surface area (Å²) in [7, 11) is 0. The van der Waals surface area contributed by atoms with E-state index in [2.05, 4.69) is 15.6 Å². The van der Waals surface area contributed by atoms with Crippen molar-refractivity contribution >= 4 is 40.2 Å². The first kappa shape index (κ1) is 27.0. The van der Waals surface area contributed by atoms with Crippen LogP contribution in [0.3, 0.4) is 0 Å². The van der Waals surface area contributed by atoms with Crippen LogP contribution in [0.15, 0.2) is 103 Å². The van der Waals surface area contributed by atoms with Gasteiger partial charge in [-0.1, -0.05) is 90.5 Å². The van der Waals surface area contributed by atoms with Crippen molar-refractivity contribution in [3.63, 3.8) is 0 Å². The van der Waals surface area contributed by atoms with E-state index in [1.54, 1.807) is 17.0 Å². The number of carbonyl (C=O) groups is 3. The van der Waals surface area contributed by atoms with Gasteiger partial charge in [0.15, 0.2) is 0 Å². The van der Waals surface area contributed by atoms with E-state index in [1.165, 1.54) is 0 Å². The summed E-state index contributed by atoms with van der Waals surface area (Å²) in [4.78, 5) is 46.8. The molecule has 0 spiro atoms. The van der Waals surface area contributed by atoms with Gasteiger partial charge in [-0.3, -0.25) is 14.4 Å². The van der Waals surface area contributed by atoms with Gasteiger partial charge in [0.25, 0.3) is 5.91 Å². The molecule has 1 aromatic heterocycles. The molecule has 214 valence electrons. The van der Waals surface area contributed by atoms with Crippen LogP contribution in [0.2, 0.25) is 5.02 Å². The molecule has 0 saturated carbocycles. The number of aromatic amines is 1. The molecule has 5 aromatic rings. The van der Waals surface area contributed by atoms with Crippen molar-refractivity contribution in [3.8, 4) is 0 Å². The number of benzene rings is 4. The number of hydrogen-bond donors (Lipinski definition) is 3. The molecule has 7 rings (SSSR count). The second kappa shape index (κ2) is 11.1. The normalized spacial score (nSPS) is 17.6. The smallest absolute Gasteiger partial charge is 0.255 e. The van der Waals surface area contributed by atoms with E-state index in [0.717, 1.165) is 38.9 Å². The first-order valence-electron chi connectivity index (χ1n) is 14.4. The molecule has 43 heavy (non-hydrogen) atoms. The molecule has 0 unspecified atom stereocenters. The van der Waals surface area contributed by atoms with Crippen molar-refractivity contribution < 1.29 is 14.4 Å². The standard InChI is InChI=1S/C35H29ClN4O3/c36-23-16-14-22(15-17-23)20-37-33(41)29(18-21-8-2-1-3-9-21)39-34(42)30-19-27-24-10-6-7-13-28(24)38-31(27)32-25-11-4-5-12-26(25)35(43)40(30)32/h1-17,29-30,32,38H,18-20H2,(H,37,41)(H,39,42)/t29-,30-,32-/m0/s1. The molecule has 3 atom stereocenters. The van der Waals surface area contributed by atoms with Crippen LogP contribution in [0.1, 0.15) is 44.3 Å². The van der Waals surface area contributed by atoms with Crippen LogP contribution in [0.25, 0.3) is 10.9 Å². The number of aromatic nitrogens is 1. The minimum Gasteiger partial charge on any atom is -0.356 e. The van der Waals surface area contributed by atoms with Gasteiger partial charge in [-0.15, -0.1) is 0 Å². The third-order valence-corrected chi connectivity index (χ3v) is 8.70. The van der Waals surface area contributed by atoms with Gasteiger partial charge in [-0.25, -0.2) is 0 Å². The zero-order valence-corrected chi connectivity index (χ0v) is 24.0. The number of nitrogens with zero attached hydrogens (tertiary/aromatic N) is 1. The quantitative estimate of drug-likeness (QED) is 0.240. The Morgan fingerprint density at radius 2 is 1.60 bits per heavy atom. The molecule has 8 heteroatoms. The van der Waals surface area contributed by atoms with Crippen molar-refractivity contribution in [2.24, 2.45) is 0 Å². The first-order valence-corrected chi connectivity index (χ1v) is 14.7. The molecule has 2 aliphatic rings. The van der Waals surface area contributed by atoms with Crippen molar-refractivity contribution in [2.75, 3.05) is 0 Å². The third kappa shape index (κ3) is 4.96. The van der Waals surface area contributed by atoms with Gasteiger partial charge in [0.1, 0.15) is 12.1 Å². The summed E-state index contributed by atoms with van der Waals surface area (Å²) in [5, 5.41) is 7.66. The monoisotopic (exact) mass is 588 g/mol. The second-order valence-electron chi connectivity index (χ2n) is 11.1. The van der Waals surface area contributed by atoms with Crippen molar-refractivity contribution in [3.05, 3.63) is 142 Å². The topological polar surface area (TPSA) is 94.3 Å². The maximum Gasteiger partial charge on any atom is 0.255 e. The fourth-order valence-corrected chi connectivity index (χ4v) is 6.50. The summed E-state index contributed by atoms with van der Waals surface area (Å²) in [6.45, 7) is 0.293. The van der Waals surface area contributed by atoms with Gasteiger partial charge in [0.05, 0.1) is 6.04 Å². The average Bonchev–Trinajstić information content (AvgIpc) is 3.55. The summed E-state index contributed by atoms with van der Waals surface area (Å²) in [6.07, 6.45) is 0.646. The van der Waals surface area contributed by atoms with Gasteiger partial charge < -0.3 is 20.5 Å². The van der Waals surface area contributed by atoms with Crippen LogP contribution in [-0.4, -0.2) is 39.7 Å². The molecule has 2 aliphatic heterocycles. The van der Waals surface area contributed by atoms with Crippen LogP contribution >= 0.6 is 11.6 Å². The average molecular weight is 589 g/mol. The molecule has 3 N–H and O–H groups in total. The van der Waals surface area contributed by atoms with Crippen LogP contribution in [0, 0.1) is 0 Å². The van der Waals surface area contributed by atoms with E-state index in [1.807, 2.05) is 91.0 Å². The SMILES string of the molecule is O=C(NCc1ccc(Cl)cc1)[C@H](Cc1ccccc1)NC(=O)[C@@H]1Cc2c([nH]c3ccccc23)[C@@H]2c3ccccc3C(=O)N21. The Bertz CT molecular complexity index is 1850. The van der Waals surface area contributed by atoms with Crippen LogP contribution in [-0.2, 0) is 29.0 Å². The molecule has 4 aromatic carbocycles. The molecule has 0 bridgehead atoms. The van der Waals surface area contributed by atoms with E-state index in [9.17, 15) is 14.4 Å². The number of H-pyrrole nitrogens is 1. The van der Waals surface area contributed by atoms with Crippen molar-refractivity contribution in [1.82, 2.24) is 20.5 Å². The highest BCUT2D eigenvalue weighted by Crippen LogP contribution is 2.46. The number of carbonyl (C=O) groups excluding carboxylic acids is 3. The largest absolute Gasteiger partial charge is 0.356 e. The Kier molecular flexibility index (Phi) is 6.95. The predicted molar refractivity (Wildman–Crippen MR) is 166 cm³/mol. The highest BCUT2D eigenvalue weighted by molar-refractivity contribution is 6.30. The summed E-state index contributed by atoms with van der Waals surface area (Å²) in [5.41, 5.74) is 6.20. The van der Waals surface area contributed by atoms with Crippen LogP contribution in [0.4, 0.5) is 0 Å². The number of nitrogens with one attached hydrogen (secondary N) is 3. The number of para-hydroxylation sites is 1. The Hall–Kier alpha value is -4.88. The number of halogens is 1. The van der Waals surface area contributed by atoms with Crippen LogP contribution in [0.5, 0.6) is 0 Å². The van der Waals surface area contributed by atoms with Crippen molar-refractivity contribution in [2.45, 2.75) is 37.5 Å². The molecule has 7 nitrogen and oxygen atoms in total. The molecular weight excluding hydrogens is 560 g/mol. The van der Waals surface area contributed by atoms with Gasteiger partial charge in [0, 0.05) is 46.6 Å². The molecule has 3 heterocycles. The predicted octanol–water partition coefficient (Wildman–Crippen LogP) is 5.34. The highest BCUT2D eigenvalue weighted by Gasteiger charge is 2.49. The Morgan fingerprint density at radius 3 is 2.42 bits per heavy atom.